The standard InChI is InChI=1S/C12H16N2S/c1-13-6-7-14-8-10-4-2-3-5-11(10)15-12(14)9-13/h2-5,12H,6-9H2,1H3. The molecule has 80 valence electrons. The number of thioether (sulfide) groups is 1. The van der Waals surface area contributed by atoms with Crippen LogP contribution < -0.4 is 0 Å². The molecule has 0 radical (unpaired) electrons. The molecular weight excluding hydrogens is 204 g/mol. The van der Waals surface area contributed by atoms with Gasteiger partial charge in [-0.1, -0.05) is 18.2 Å². The number of rotatable bonds is 0. The quantitative estimate of drug-likeness (QED) is 0.659. The Morgan fingerprint density at radius 3 is 3.07 bits per heavy atom. The van der Waals surface area contributed by atoms with Crippen LogP contribution in [-0.4, -0.2) is 41.9 Å². The minimum atomic E-state index is 0.665. The Labute approximate surface area is 95.3 Å². The van der Waals surface area contributed by atoms with Crippen LogP contribution in [0.15, 0.2) is 29.2 Å². The van der Waals surface area contributed by atoms with Crippen molar-refractivity contribution in [2.24, 2.45) is 0 Å². The molecular formula is C12H16N2S. The largest absolute Gasteiger partial charge is 0.303 e. The lowest BCUT2D eigenvalue weighted by molar-refractivity contribution is 0.126. The van der Waals surface area contributed by atoms with Crippen LogP contribution in [0.1, 0.15) is 5.56 Å². The number of piperazine rings is 1. The summed E-state index contributed by atoms with van der Waals surface area (Å²) < 4.78 is 0. The molecule has 1 aromatic rings. The number of likely N-dealkylation sites (N-methyl/N-ethyl adjacent to an activating group) is 1. The van der Waals surface area contributed by atoms with Gasteiger partial charge in [-0.15, -0.1) is 11.8 Å². The van der Waals surface area contributed by atoms with Gasteiger partial charge in [-0.05, 0) is 18.7 Å². The Morgan fingerprint density at radius 2 is 2.13 bits per heavy atom. The van der Waals surface area contributed by atoms with E-state index in [1.165, 1.54) is 30.1 Å². The van der Waals surface area contributed by atoms with Gasteiger partial charge in [-0.3, -0.25) is 4.90 Å². The number of benzene rings is 1. The molecule has 1 fully saturated rings. The zero-order valence-electron chi connectivity index (χ0n) is 9.02. The summed E-state index contributed by atoms with van der Waals surface area (Å²) in [5, 5.41) is 0.665. The Morgan fingerprint density at radius 1 is 1.27 bits per heavy atom. The predicted octanol–water partition coefficient (Wildman–Crippen LogP) is 1.87. The van der Waals surface area contributed by atoms with E-state index in [2.05, 4.69) is 41.1 Å². The predicted molar refractivity (Wildman–Crippen MR) is 64.0 cm³/mol. The Balaban J connectivity index is 1.87. The molecule has 2 nitrogen and oxygen atoms in total. The van der Waals surface area contributed by atoms with E-state index in [-0.39, 0.29) is 0 Å². The van der Waals surface area contributed by atoms with E-state index in [9.17, 15) is 0 Å². The van der Waals surface area contributed by atoms with Crippen molar-refractivity contribution in [1.29, 1.82) is 0 Å². The first kappa shape index (κ1) is 9.70. The van der Waals surface area contributed by atoms with Crippen molar-refractivity contribution in [3.8, 4) is 0 Å². The first-order valence-corrected chi connectivity index (χ1v) is 6.38. The second kappa shape index (κ2) is 3.81. The summed E-state index contributed by atoms with van der Waals surface area (Å²) in [6, 6.07) is 8.81. The second-order valence-electron chi connectivity index (χ2n) is 4.41. The molecule has 1 aromatic carbocycles. The van der Waals surface area contributed by atoms with E-state index < -0.39 is 0 Å². The van der Waals surface area contributed by atoms with Crippen molar-refractivity contribution in [3.05, 3.63) is 29.8 Å². The Bertz CT molecular complexity index is 366. The average Bonchev–Trinajstić information content (AvgIpc) is 2.26. The third kappa shape index (κ3) is 1.80. The molecule has 2 aliphatic rings. The average molecular weight is 220 g/mol. The summed E-state index contributed by atoms with van der Waals surface area (Å²) in [6.07, 6.45) is 0. The minimum Gasteiger partial charge on any atom is -0.303 e. The van der Waals surface area contributed by atoms with Crippen LogP contribution in [0, 0.1) is 0 Å². The molecule has 0 aromatic heterocycles. The van der Waals surface area contributed by atoms with Crippen LogP contribution in [0.5, 0.6) is 0 Å². The molecule has 0 N–H and O–H groups in total. The summed E-state index contributed by atoms with van der Waals surface area (Å²) in [5.74, 6) is 0. The number of hydrogen-bond acceptors (Lipinski definition) is 3. The lowest BCUT2D eigenvalue weighted by Crippen LogP contribution is -2.51. The van der Waals surface area contributed by atoms with Gasteiger partial charge in [0.15, 0.2) is 0 Å². The number of nitrogens with zero attached hydrogens (tertiary/aromatic N) is 2. The van der Waals surface area contributed by atoms with Gasteiger partial charge in [0.2, 0.25) is 0 Å². The van der Waals surface area contributed by atoms with Crippen LogP contribution in [0.2, 0.25) is 0 Å². The van der Waals surface area contributed by atoms with Crippen LogP contribution in [0.4, 0.5) is 0 Å². The van der Waals surface area contributed by atoms with E-state index in [0.717, 1.165) is 6.54 Å². The van der Waals surface area contributed by atoms with Gasteiger partial charge in [0.05, 0.1) is 5.37 Å². The number of fused-ring (bicyclic) bond motifs is 2. The van der Waals surface area contributed by atoms with Crippen LogP contribution >= 0.6 is 11.8 Å². The summed E-state index contributed by atoms with van der Waals surface area (Å²) in [5.41, 5.74) is 1.50. The highest BCUT2D eigenvalue weighted by Gasteiger charge is 2.30. The van der Waals surface area contributed by atoms with Crippen molar-refractivity contribution < 1.29 is 0 Å². The highest BCUT2D eigenvalue weighted by molar-refractivity contribution is 8.00. The lowest BCUT2D eigenvalue weighted by atomic mass is 10.2. The summed E-state index contributed by atoms with van der Waals surface area (Å²) in [7, 11) is 2.22. The Kier molecular flexibility index (Phi) is 2.47. The topological polar surface area (TPSA) is 6.48 Å². The monoisotopic (exact) mass is 220 g/mol. The van der Waals surface area contributed by atoms with Crippen molar-refractivity contribution >= 4 is 11.8 Å². The summed E-state index contributed by atoms with van der Waals surface area (Å²) in [6.45, 7) is 4.75. The smallest absolute Gasteiger partial charge is 0.0736 e. The molecule has 0 amide bonds. The van der Waals surface area contributed by atoms with Gasteiger partial charge in [0.25, 0.3) is 0 Å². The van der Waals surface area contributed by atoms with Gasteiger partial charge < -0.3 is 4.90 Å². The highest BCUT2D eigenvalue weighted by Crippen LogP contribution is 2.36. The third-order valence-corrected chi connectivity index (χ3v) is 4.62. The molecule has 15 heavy (non-hydrogen) atoms. The highest BCUT2D eigenvalue weighted by atomic mass is 32.2. The summed E-state index contributed by atoms with van der Waals surface area (Å²) >= 11 is 2.03. The van der Waals surface area contributed by atoms with Crippen molar-refractivity contribution in [2.75, 3.05) is 26.7 Å². The molecule has 1 atom stereocenters. The first-order valence-electron chi connectivity index (χ1n) is 5.50. The van der Waals surface area contributed by atoms with Crippen LogP contribution in [0.3, 0.4) is 0 Å². The van der Waals surface area contributed by atoms with Gasteiger partial charge >= 0.3 is 0 Å². The van der Waals surface area contributed by atoms with Crippen LogP contribution in [0.25, 0.3) is 0 Å². The molecule has 3 rings (SSSR count). The maximum Gasteiger partial charge on any atom is 0.0736 e. The SMILES string of the molecule is CN1CCN2Cc3ccccc3SC2C1. The molecule has 2 aliphatic heterocycles. The molecule has 0 spiro atoms. The molecule has 0 bridgehead atoms. The summed E-state index contributed by atoms with van der Waals surface area (Å²) in [4.78, 5) is 6.52. The maximum absolute atomic E-state index is 2.60. The minimum absolute atomic E-state index is 0.665. The van der Waals surface area contributed by atoms with Crippen molar-refractivity contribution in [3.63, 3.8) is 0 Å². The zero-order valence-corrected chi connectivity index (χ0v) is 9.83. The molecule has 0 saturated carbocycles. The molecule has 0 aliphatic carbocycles. The fourth-order valence-corrected chi connectivity index (χ4v) is 3.72. The fraction of sp³-hybridized carbons (Fsp3) is 0.500. The molecule has 1 unspecified atom stereocenters. The van der Waals surface area contributed by atoms with Crippen molar-refractivity contribution in [1.82, 2.24) is 9.80 Å². The Hall–Kier alpha value is -0.510. The van der Waals surface area contributed by atoms with Gasteiger partial charge in [0, 0.05) is 31.1 Å². The van der Waals surface area contributed by atoms with Gasteiger partial charge in [-0.25, -0.2) is 0 Å². The van der Waals surface area contributed by atoms with E-state index >= 15 is 0 Å². The molecule has 1 saturated heterocycles. The molecule has 2 heterocycles. The van der Waals surface area contributed by atoms with Crippen LogP contribution in [-0.2, 0) is 6.54 Å². The molecule has 3 heteroatoms. The maximum atomic E-state index is 2.60. The van der Waals surface area contributed by atoms with E-state index in [1.54, 1.807) is 0 Å². The second-order valence-corrected chi connectivity index (χ2v) is 5.63. The van der Waals surface area contributed by atoms with Crippen molar-refractivity contribution in [2.45, 2.75) is 16.8 Å². The lowest BCUT2D eigenvalue weighted by Gasteiger charge is -2.42. The normalized spacial score (nSPS) is 27.1. The number of hydrogen-bond donors (Lipinski definition) is 0. The van der Waals surface area contributed by atoms with E-state index in [1.807, 2.05) is 11.8 Å². The van der Waals surface area contributed by atoms with E-state index in [0.29, 0.717) is 5.37 Å². The van der Waals surface area contributed by atoms with E-state index in [4.69, 9.17) is 0 Å². The zero-order chi connectivity index (χ0) is 10.3. The van der Waals surface area contributed by atoms with Gasteiger partial charge in [0.1, 0.15) is 0 Å². The first-order chi connectivity index (χ1) is 7.33. The fourth-order valence-electron chi connectivity index (χ4n) is 2.32. The van der Waals surface area contributed by atoms with Gasteiger partial charge in [-0.2, -0.15) is 0 Å². The third-order valence-electron chi connectivity index (χ3n) is 3.25.